The standard InChI is InChI=1S/C26H31N3O2/c1-18-6-4-8-21(16-18)26(2,3)17-27-25(31)20-12-14-29(15-13-20)23-11-10-19-7-5-9-22(30)24(19)28-23/h4-11,16,20,30H,12-15,17H2,1-3H3,(H,27,31). The summed E-state index contributed by atoms with van der Waals surface area (Å²) >= 11 is 0. The number of benzene rings is 2. The summed E-state index contributed by atoms with van der Waals surface area (Å²) in [7, 11) is 0. The molecule has 0 unspecified atom stereocenters. The van der Waals surface area contributed by atoms with Gasteiger partial charge in [-0.05, 0) is 43.5 Å². The predicted octanol–water partition coefficient (Wildman–Crippen LogP) is 4.56. The van der Waals surface area contributed by atoms with Crippen LogP contribution in [0.15, 0.2) is 54.6 Å². The minimum atomic E-state index is -0.112. The van der Waals surface area contributed by atoms with Gasteiger partial charge in [-0.25, -0.2) is 4.98 Å². The van der Waals surface area contributed by atoms with Gasteiger partial charge in [0.25, 0.3) is 0 Å². The highest BCUT2D eigenvalue weighted by atomic mass is 16.3. The number of aromatic nitrogens is 1. The quantitative estimate of drug-likeness (QED) is 0.639. The maximum atomic E-state index is 12.8. The molecule has 0 bridgehead atoms. The minimum absolute atomic E-state index is 0.0263. The second kappa shape index (κ2) is 8.58. The normalized spacial score (nSPS) is 15.3. The van der Waals surface area contributed by atoms with Gasteiger partial charge in [-0.2, -0.15) is 0 Å². The highest BCUT2D eigenvalue weighted by Gasteiger charge is 2.28. The molecule has 2 aromatic carbocycles. The number of nitrogens with zero attached hydrogens (tertiary/aromatic N) is 2. The van der Waals surface area contributed by atoms with Gasteiger partial charge >= 0.3 is 0 Å². The number of fused-ring (bicyclic) bond motifs is 1. The number of carbonyl (C=O) groups is 1. The van der Waals surface area contributed by atoms with E-state index in [1.807, 2.05) is 24.3 Å². The van der Waals surface area contributed by atoms with Crippen LogP contribution in [0.25, 0.3) is 10.9 Å². The van der Waals surface area contributed by atoms with Gasteiger partial charge in [0.1, 0.15) is 17.1 Å². The van der Waals surface area contributed by atoms with Crippen LogP contribution in [-0.2, 0) is 10.2 Å². The number of nitrogens with one attached hydrogen (secondary N) is 1. The molecule has 2 heterocycles. The highest BCUT2D eigenvalue weighted by molar-refractivity contribution is 5.85. The molecule has 4 rings (SSSR count). The third-order valence-electron chi connectivity index (χ3n) is 6.38. The highest BCUT2D eigenvalue weighted by Crippen LogP contribution is 2.28. The third kappa shape index (κ3) is 4.66. The number of pyridine rings is 1. The summed E-state index contributed by atoms with van der Waals surface area (Å²) in [5, 5.41) is 14.2. The number of aromatic hydroxyl groups is 1. The monoisotopic (exact) mass is 417 g/mol. The van der Waals surface area contributed by atoms with Crippen molar-refractivity contribution < 1.29 is 9.90 Å². The molecule has 0 atom stereocenters. The van der Waals surface area contributed by atoms with E-state index < -0.39 is 0 Å². The fraction of sp³-hybridized carbons (Fsp3) is 0.385. The molecule has 1 aliphatic heterocycles. The zero-order valence-corrected chi connectivity index (χ0v) is 18.6. The smallest absolute Gasteiger partial charge is 0.223 e. The van der Waals surface area contributed by atoms with Gasteiger partial charge < -0.3 is 15.3 Å². The van der Waals surface area contributed by atoms with Crippen LogP contribution in [0.2, 0.25) is 0 Å². The first-order chi connectivity index (χ1) is 14.8. The van der Waals surface area contributed by atoms with Crippen molar-refractivity contribution in [3.8, 4) is 5.75 Å². The van der Waals surface area contributed by atoms with Gasteiger partial charge in [0.2, 0.25) is 5.91 Å². The van der Waals surface area contributed by atoms with E-state index in [0.29, 0.717) is 12.1 Å². The molecule has 0 radical (unpaired) electrons. The number of amides is 1. The summed E-state index contributed by atoms with van der Waals surface area (Å²) in [6, 6.07) is 17.9. The van der Waals surface area contributed by atoms with E-state index in [1.165, 1.54) is 11.1 Å². The molecule has 0 aliphatic carbocycles. The first kappa shape index (κ1) is 21.2. The molecule has 162 valence electrons. The van der Waals surface area contributed by atoms with Crippen molar-refractivity contribution in [2.75, 3.05) is 24.5 Å². The topological polar surface area (TPSA) is 65.5 Å². The van der Waals surface area contributed by atoms with Crippen LogP contribution in [0.1, 0.15) is 37.8 Å². The molecular formula is C26H31N3O2. The average molecular weight is 418 g/mol. The molecular weight excluding hydrogens is 386 g/mol. The summed E-state index contributed by atoms with van der Waals surface area (Å²) in [5.74, 6) is 1.22. The molecule has 31 heavy (non-hydrogen) atoms. The first-order valence-electron chi connectivity index (χ1n) is 11.0. The predicted molar refractivity (Wildman–Crippen MR) is 126 cm³/mol. The number of phenols is 1. The summed E-state index contributed by atoms with van der Waals surface area (Å²) in [4.78, 5) is 19.7. The largest absolute Gasteiger partial charge is 0.506 e. The summed E-state index contributed by atoms with van der Waals surface area (Å²) in [5.41, 5.74) is 2.99. The SMILES string of the molecule is Cc1cccc(C(C)(C)CNC(=O)C2CCN(c3ccc4cccc(O)c4n3)CC2)c1. The third-order valence-corrected chi connectivity index (χ3v) is 6.38. The molecule has 1 aromatic heterocycles. The van der Waals surface area contributed by atoms with Crippen LogP contribution < -0.4 is 10.2 Å². The van der Waals surface area contributed by atoms with Crippen molar-refractivity contribution in [3.63, 3.8) is 0 Å². The number of para-hydroxylation sites is 1. The first-order valence-corrected chi connectivity index (χ1v) is 11.0. The van der Waals surface area contributed by atoms with E-state index in [9.17, 15) is 9.90 Å². The lowest BCUT2D eigenvalue weighted by molar-refractivity contribution is -0.125. The lowest BCUT2D eigenvalue weighted by atomic mass is 9.83. The Labute approximate surface area is 184 Å². The van der Waals surface area contributed by atoms with Crippen LogP contribution in [0.5, 0.6) is 5.75 Å². The Kier molecular flexibility index (Phi) is 5.86. The summed E-state index contributed by atoms with van der Waals surface area (Å²) < 4.78 is 0. The number of hydrogen-bond acceptors (Lipinski definition) is 4. The van der Waals surface area contributed by atoms with Crippen molar-refractivity contribution in [2.24, 2.45) is 5.92 Å². The van der Waals surface area contributed by atoms with Crippen molar-refractivity contribution in [2.45, 2.75) is 39.0 Å². The minimum Gasteiger partial charge on any atom is -0.506 e. The van der Waals surface area contributed by atoms with Crippen molar-refractivity contribution in [1.29, 1.82) is 0 Å². The fourth-order valence-corrected chi connectivity index (χ4v) is 4.29. The van der Waals surface area contributed by atoms with Gasteiger partial charge in [-0.15, -0.1) is 0 Å². The van der Waals surface area contributed by atoms with Gasteiger partial charge in [0.15, 0.2) is 0 Å². The Balaban J connectivity index is 1.34. The van der Waals surface area contributed by atoms with E-state index in [4.69, 9.17) is 0 Å². The van der Waals surface area contributed by atoms with Crippen LogP contribution in [-0.4, -0.2) is 35.6 Å². The Morgan fingerprint density at radius 3 is 2.61 bits per heavy atom. The molecule has 1 saturated heterocycles. The average Bonchev–Trinajstić information content (AvgIpc) is 2.78. The van der Waals surface area contributed by atoms with Crippen LogP contribution in [0, 0.1) is 12.8 Å². The van der Waals surface area contributed by atoms with E-state index in [-0.39, 0.29) is 23.0 Å². The van der Waals surface area contributed by atoms with Crippen LogP contribution in [0.3, 0.4) is 0 Å². The maximum Gasteiger partial charge on any atom is 0.223 e. The molecule has 1 fully saturated rings. The fourth-order valence-electron chi connectivity index (χ4n) is 4.29. The lowest BCUT2D eigenvalue weighted by Gasteiger charge is -2.33. The number of hydrogen-bond donors (Lipinski definition) is 2. The van der Waals surface area contributed by atoms with Crippen molar-refractivity contribution >= 4 is 22.6 Å². The Morgan fingerprint density at radius 2 is 1.87 bits per heavy atom. The van der Waals surface area contributed by atoms with E-state index >= 15 is 0 Å². The van der Waals surface area contributed by atoms with Gasteiger partial charge in [-0.3, -0.25) is 4.79 Å². The van der Waals surface area contributed by atoms with Crippen LogP contribution in [0.4, 0.5) is 5.82 Å². The zero-order valence-electron chi connectivity index (χ0n) is 18.6. The van der Waals surface area contributed by atoms with Crippen molar-refractivity contribution in [1.82, 2.24) is 10.3 Å². The zero-order chi connectivity index (χ0) is 22.0. The maximum absolute atomic E-state index is 12.8. The lowest BCUT2D eigenvalue weighted by Crippen LogP contribution is -2.44. The van der Waals surface area contributed by atoms with Gasteiger partial charge in [-0.1, -0.05) is 55.8 Å². The molecule has 0 spiro atoms. The molecule has 1 amide bonds. The molecule has 0 saturated carbocycles. The number of anilines is 1. The molecule has 5 nitrogen and oxygen atoms in total. The van der Waals surface area contributed by atoms with Crippen molar-refractivity contribution in [3.05, 3.63) is 65.7 Å². The van der Waals surface area contributed by atoms with Gasteiger partial charge in [0, 0.05) is 36.4 Å². The van der Waals surface area contributed by atoms with E-state index in [2.05, 4.69) is 60.2 Å². The Bertz CT molecular complexity index is 1080. The van der Waals surface area contributed by atoms with Gasteiger partial charge in [0.05, 0.1) is 0 Å². The second-order valence-corrected chi connectivity index (χ2v) is 9.25. The number of phenolic OH excluding ortho intramolecular Hbond substituents is 1. The molecule has 3 aromatic rings. The molecule has 1 aliphatic rings. The van der Waals surface area contributed by atoms with E-state index in [0.717, 1.165) is 37.1 Å². The Hall–Kier alpha value is -3.08. The van der Waals surface area contributed by atoms with Crippen LogP contribution >= 0.6 is 0 Å². The second-order valence-electron chi connectivity index (χ2n) is 9.25. The number of piperidine rings is 1. The summed E-state index contributed by atoms with van der Waals surface area (Å²) in [6.45, 7) is 8.63. The number of aryl methyl sites for hydroxylation is 1. The molecule has 2 N–H and O–H groups in total. The Morgan fingerprint density at radius 1 is 1.13 bits per heavy atom. The molecule has 5 heteroatoms. The number of rotatable bonds is 5. The van der Waals surface area contributed by atoms with E-state index in [1.54, 1.807) is 6.07 Å². The number of carbonyl (C=O) groups excluding carboxylic acids is 1. The summed E-state index contributed by atoms with van der Waals surface area (Å²) in [6.07, 6.45) is 1.61.